The largest absolute Gasteiger partial charge is 0.479 e. The molecule has 1 atom stereocenters. The van der Waals surface area contributed by atoms with Crippen molar-refractivity contribution >= 4 is 5.97 Å². The summed E-state index contributed by atoms with van der Waals surface area (Å²) in [5.41, 5.74) is 0.442. The van der Waals surface area contributed by atoms with Crippen molar-refractivity contribution in [3.8, 4) is 17.5 Å². The first-order valence-corrected chi connectivity index (χ1v) is 7.32. The Labute approximate surface area is 139 Å². The predicted molar refractivity (Wildman–Crippen MR) is 79.6 cm³/mol. The zero-order valence-corrected chi connectivity index (χ0v) is 12.6. The van der Waals surface area contributed by atoms with E-state index in [9.17, 15) is 18.7 Å². The molecule has 1 aliphatic heterocycles. The van der Waals surface area contributed by atoms with Crippen LogP contribution in [-0.2, 0) is 11.2 Å². The zero-order valence-electron chi connectivity index (χ0n) is 12.6. The monoisotopic (exact) mass is 344 g/mol. The second-order valence-electron chi connectivity index (χ2n) is 5.44. The molecule has 6 nitrogen and oxygen atoms in total. The fourth-order valence-corrected chi connectivity index (χ4v) is 2.76. The van der Waals surface area contributed by atoms with Gasteiger partial charge in [-0.2, -0.15) is 9.97 Å². The van der Waals surface area contributed by atoms with Crippen molar-refractivity contribution < 1.29 is 27.8 Å². The maximum Gasteiger partial charge on any atom is 0.343 e. The Morgan fingerprint density at radius 3 is 2.76 bits per heavy atom. The molecule has 1 unspecified atom stereocenters. The summed E-state index contributed by atoms with van der Waals surface area (Å²) >= 11 is 0. The Bertz CT molecular complexity index is 973. The summed E-state index contributed by atoms with van der Waals surface area (Å²) in [6.45, 7) is 0. The average molecular weight is 344 g/mol. The van der Waals surface area contributed by atoms with Crippen LogP contribution in [0.5, 0.6) is 6.01 Å². The summed E-state index contributed by atoms with van der Waals surface area (Å²) in [5.74, 6) is -1.90. The predicted octanol–water partition coefficient (Wildman–Crippen LogP) is 3.17. The van der Waals surface area contributed by atoms with Crippen LogP contribution in [0.4, 0.5) is 8.78 Å². The molecule has 3 aromatic rings. The van der Waals surface area contributed by atoms with Gasteiger partial charge in [-0.25, -0.2) is 13.6 Å². The van der Waals surface area contributed by atoms with Gasteiger partial charge in [-0.1, -0.05) is 6.07 Å². The molecule has 1 N–H and O–H groups in total. The van der Waals surface area contributed by atoms with Crippen LogP contribution < -0.4 is 0 Å². The van der Waals surface area contributed by atoms with Crippen LogP contribution in [0.25, 0.3) is 11.5 Å². The van der Waals surface area contributed by atoms with E-state index in [1.54, 1.807) is 12.1 Å². The molecule has 0 fully saturated rings. The quantitative estimate of drug-likeness (QED) is 0.735. The van der Waals surface area contributed by atoms with E-state index in [1.165, 1.54) is 12.3 Å². The minimum atomic E-state index is -0.926. The van der Waals surface area contributed by atoms with Crippen LogP contribution in [-0.4, -0.2) is 21.0 Å². The highest BCUT2D eigenvalue weighted by molar-refractivity contribution is 5.99. The van der Waals surface area contributed by atoms with E-state index < -0.39 is 29.7 Å². The van der Waals surface area contributed by atoms with Crippen LogP contribution in [0, 0.1) is 11.6 Å². The van der Waals surface area contributed by atoms with Crippen LogP contribution >= 0.6 is 0 Å². The normalized spacial score (nSPS) is 15.9. The van der Waals surface area contributed by atoms with Gasteiger partial charge in [-0.3, -0.25) is 0 Å². The molecule has 0 saturated heterocycles. The third kappa shape index (κ3) is 2.61. The summed E-state index contributed by atoms with van der Waals surface area (Å²) < 4.78 is 37.4. The number of carbonyl (C=O) groups excluding carboxylic acids is 1. The maximum atomic E-state index is 13.9. The van der Waals surface area contributed by atoms with Gasteiger partial charge in [0, 0.05) is 12.5 Å². The number of hydrogen-bond acceptors (Lipinski definition) is 6. The number of benzene rings is 1. The van der Waals surface area contributed by atoms with Gasteiger partial charge in [-0.05, 0) is 23.8 Å². The lowest BCUT2D eigenvalue weighted by Crippen LogP contribution is -2.06. The highest BCUT2D eigenvalue weighted by Crippen LogP contribution is 2.38. The van der Waals surface area contributed by atoms with Crippen molar-refractivity contribution in [2.75, 3.05) is 0 Å². The van der Waals surface area contributed by atoms with E-state index >= 15 is 0 Å². The second-order valence-corrected chi connectivity index (χ2v) is 5.44. The average Bonchev–Trinajstić information content (AvgIpc) is 3.19. The van der Waals surface area contributed by atoms with Gasteiger partial charge in [0.15, 0.2) is 5.76 Å². The molecule has 2 aromatic heterocycles. The molecule has 4 rings (SSSR count). The third-order valence-electron chi connectivity index (χ3n) is 3.86. The molecule has 0 bridgehead atoms. The number of fused-ring (bicyclic) bond motifs is 1. The molecular weight excluding hydrogens is 334 g/mol. The van der Waals surface area contributed by atoms with E-state index in [0.29, 0.717) is 0 Å². The minimum Gasteiger partial charge on any atom is -0.479 e. The molecule has 126 valence electrons. The van der Waals surface area contributed by atoms with Crippen LogP contribution in [0.2, 0.25) is 0 Å². The Hall–Kier alpha value is -3.29. The number of rotatable bonds is 3. The molecule has 0 radical (unpaired) electrons. The van der Waals surface area contributed by atoms with Gasteiger partial charge < -0.3 is 14.3 Å². The first-order valence-electron chi connectivity index (χ1n) is 7.32. The lowest BCUT2D eigenvalue weighted by atomic mass is 10.0. The minimum absolute atomic E-state index is 0.0558. The van der Waals surface area contributed by atoms with E-state index in [1.807, 2.05) is 0 Å². The number of cyclic esters (lactones) is 1. The van der Waals surface area contributed by atoms with Crippen molar-refractivity contribution in [2.24, 2.45) is 0 Å². The highest BCUT2D eigenvalue weighted by Gasteiger charge is 2.38. The molecule has 8 heteroatoms. The van der Waals surface area contributed by atoms with Crippen molar-refractivity contribution in [3.63, 3.8) is 0 Å². The number of carbonyl (C=O) groups is 1. The zero-order chi connectivity index (χ0) is 17.6. The Balaban J connectivity index is 1.77. The second kappa shape index (κ2) is 5.66. The number of halogens is 2. The fraction of sp³-hybridized carbons (Fsp3) is 0.118. The molecular formula is C17H10F2N2O4. The highest BCUT2D eigenvalue weighted by atomic mass is 19.1. The number of aromatic nitrogens is 2. The molecule has 1 aliphatic rings. The van der Waals surface area contributed by atoms with Crippen molar-refractivity contribution in [2.45, 2.75) is 12.5 Å². The number of esters is 1. The van der Waals surface area contributed by atoms with Crippen LogP contribution in [0.1, 0.15) is 27.7 Å². The first kappa shape index (κ1) is 15.3. The summed E-state index contributed by atoms with van der Waals surface area (Å²) in [7, 11) is 0. The number of furan rings is 1. The molecule has 1 aromatic carbocycles. The molecule has 0 amide bonds. The van der Waals surface area contributed by atoms with Gasteiger partial charge >= 0.3 is 12.0 Å². The fourth-order valence-electron chi connectivity index (χ4n) is 2.76. The van der Waals surface area contributed by atoms with E-state index in [-0.39, 0.29) is 34.7 Å². The Kier molecular flexibility index (Phi) is 3.45. The number of nitrogens with zero attached hydrogens (tertiary/aromatic N) is 2. The molecule has 0 aliphatic carbocycles. The van der Waals surface area contributed by atoms with Gasteiger partial charge in [0.1, 0.15) is 34.7 Å². The number of aromatic hydroxyl groups is 1. The third-order valence-corrected chi connectivity index (χ3v) is 3.86. The van der Waals surface area contributed by atoms with Crippen molar-refractivity contribution in [3.05, 3.63) is 65.1 Å². The lowest BCUT2D eigenvalue weighted by molar-refractivity contribution is 0.0380. The van der Waals surface area contributed by atoms with Crippen LogP contribution in [0.3, 0.4) is 0 Å². The molecule has 0 spiro atoms. The lowest BCUT2D eigenvalue weighted by Gasteiger charge is -2.11. The van der Waals surface area contributed by atoms with E-state index in [4.69, 9.17) is 9.15 Å². The van der Waals surface area contributed by atoms with Crippen LogP contribution in [0.15, 0.2) is 41.0 Å². The summed E-state index contributed by atoms with van der Waals surface area (Å²) in [6, 6.07) is 5.74. The van der Waals surface area contributed by atoms with Gasteiger partial charge in [0.25, 0.3) is 0 Å². The topological polar surface area (TPSA) is 85.5 Å². The number of hydrogen-bond donors (Lipinski definition) is 1. The summed E-state index contributed by atoms with van der Waals surface area (Å²) in [5, 5.41) is 9.78. The van der Waals surface area contributed by atoms with E-state index in [0.717, 1.165) is 12.1 Å². The summed E-state index contributed by atoms with van der Waals surface area (Å²) in [4.78, 5) is 19.9. The summed E-state index contributed by atoms with van der Waals surface area (Å²) in [6.07, 6.45) is 0.413. The van der Waals surface area contributed by atoms with Gasteiger partial charge in [0.2, 0.25) is 0 Å². The van der Waals surface area contributed by atoms with E-state index in [2.05, 4.69) is 9.97 Å². The van der Waals surface area contributed by atoms with Gasteiger partial charge in [0.05, 0.1) is 6.26 Å². The van der Waals surface area contributed by atoms with Gasteiger partial charge in [-0.15, -0.1) is 0 Å². The SMILES string of the molecule is O=C1OC(Cc2ccc(F)cc2F)c2nc(O)nc(-c3ccco3)c21. The smallest absolute Gasteiger partial charge is 0.343 e. The van der Waals surface area contributed by atoms with Crippen molar-refractivity contribution in [1.29, 1.82) is 0 Å². The molecule has 25 heavy (non-hydrogen) atoms. The Morgan fingerprint density at radius 2 is 2.04 bits per heavy atom. The maximum absolute atomic E-state index is 13.9. The number of ether oxygens (including phenoxy) is 1. The standard InChI is InChI=1S/C17H10F2N2O4/c18-9-4-3-8(10(19)7-9)6-12-15-13(16(22)25-12)14(20-17(23)21-15)11-2-1-5-24-11/h1-5,7,12H,6H2,(H,20,21,23). The van der Waals surface area contributed by atoms with Crippen molar-refractivity contribution in [1.82, 2.24) is 9.97 Å². The molecule has 0 saturated carbocycles. The molecule has 3 heterocycles. The Morgan fingerprint density at radius 1 is 1.20 bits per heavy atom. The first-order chi connectivity index (χ1) is 12.0.